The number of halogens is 1. The molecular formula is C17H19ClN2O. The van der Waals surface area contributed by atoms with Gasteiger partial charge in [-0.2, -0.15) is 0 Å². The molecule has 0 saturated heterocycles. The van der Waals surface area contributed by atoms with E-state index < -0.39 is 0 Å². The minimum atomic E-state index is -0.106. The standard InChI is InChI=1S/C17H19ClN2O/c1-3-19-16-10-12(2)8-9-14(16)17(21)20-11-13-6-4-5-7-15(13)18/h4-10,19H,3,11H2,1-2H3,(H,20,21). The third-order valence-electron chi connectivity index (χ3n) is 3.18. The summed E-state index contributed by atoms with van der Waals surface area (Å²) in [6.07, 6.45) is 0. The lowest BCUT2D eigenvalue weighted by molar-refractivity contribution is 0.0951. The van der Waals surface area contributed by atoms with E-state index in [-0.39, 0.29) is 5.91 Å². The molecule has 0 heterocycles. The summed E-state index contributed by atoms with van der Waals surface area (Å²) >= 11 is 6.09. The molecule has 2 aromatic carbocycles. The van der Waals surface area contributed by atoms with Crippen molar-refractivity contribution in [2.45, 2.75) is 20.4 Å². The number of rotatable bonds is 5. The largest absolute Gasteiger partial charge is 0.385 e. The Balaban J connectivity index is 2.12. The maximum atomic E-state index is 12.3. The molecule has 2 aromatic rings. The molecule has 2 N–H and O–H groups in total. The third kappa shape index (κ3) is 3.99. The molecule has 0 atom stereocenters. The van der Waals surface area contributed by atoms with E-state index in [1.54, 1.807) is 0 Å². The van der Waals surface area contributed by atoms with Crippen molar-refractivity contribution in [3.63, 3.8) is 0 Å². The summed E-state index contributed by atoms with van der Waals surface area (Å²) < 4.78 is 0. The number of aryl methyl sites for hydroxylation is 1. The number of benzene rings is 2. The van der Waals surface area contributed by atoms with Gasteiger partial charge in [-0.25, -0.2) is 0 Å². The molecular weight excluding hydrogens is 284 g/mol. The van der Waals surface area contributed by atoms with Crippen molar-refractivity contribution in [1.29, 1.82) is 0 Å². The van der Waals surface area contributed by atoms with E-state index in [1.165, 1.54) is 0 Å². The summed E-state index contributed by atoms with van der Waals surface area (Å²) in [7, 11) is 0. The molecule has 0 spiro atoms. The number of nitrogens with one attached hydrogen (secondary N) is 2. The summed E-state index contributed by atoms with van der Waals surface area (Å²) in [6.45, 7) is 5.20. The number of hydrogen-bond acceptors (Lipinski definition) is 2. The fraction of sp³-hybridized carbons (Fsp3) is 0.235. The van der Waals surface area contributed by atoms with Crippen LogP contribution in [0.4, 0.5) is 5.69 Å². The summed E-state index contributed by atoms with van der Waals surface area (Å²) in [6, 6.07) is 13.3. The molecule has 0 aliphatic heterocycles. The van der Waals surface area contributed by atoms with Gasteiger partial charge < -0.3 is 10.6 Å². The number of anilines is 1. The Hall–Kier alpha value is -2.00. The van der Waals surface area contributed by atoms with Crippen LogP contribution in [0.25, 0.3) is 0 Å². The van der Waals surface area contributed by atoms with Crippen LogP contribution in [-0.2, 0) is 6.54 Å². The predicted molar refractivity (Wildman–Crippen MR) is 88.0 cm³/mol. The number of carbonyl (C=O) groups excluding carboxylic acids is 1. The Labute approximate surface area is 130 Å². The molecule has 1 amide bonds. The summed E-state index contributed by atoms with van der Waals surface area (Å²) in [5.41, 5.74) is 3.53. The van der Waals surface area contributed by atoms with Crippen LogP contribution < -0.4 is 10.6 Å². The fourth-order valence-corrected chi connectivity index (χ4v) is 2.31. The minimum absolute atomic E-state index is 0.106. The highest BCUT2D eigenvalue weighted by Gasteiger charge is 2.11. The maximum Gasteiger partial charge on any atom is 0.253 e. The monoisotopic (exact) mass is 302 g/mol. The Kier molecular flexibility index (Phi) is 5.23. The first kappa shape index (κ1) is 15.4. The molecule has 0 aliphatic carbocycles. The Morgan fingerprint density at radius 2 is 1.95 bits per heavy atom. The van der Waals surface area contributed by atoms with Gasteiger partial charge in [-0.1, -0.05) is 35.9 Å². The molecule has 0 aromatic heterocycles. The van der Waals surface area contributed by atoms with Crippen molar-refractivity contribution in [3.8, 4) is 0 Å². The smallest absolute Gasteiger partial charge is 0.253 e. The van der Waals surface area contributed by atoms with Gasteiger partial charge in [0.15, 0.2) is 0 Å². The predicted octanol–water partition coefficient (Wildman–Crippen LogP) is 4.01. The van der Waals surface area contributed by atoms with Crippen LogP contribution in [0.3, 0.4) is 0 Å². The fourth-order valence-electron chi connectivity index (χ4n) is 2.11. The van der Waals surface area contributed by atoms with Crippen molar-refractivity contribution in [3.05, 3.63) is 64.2 Å². The highest BCUT2D eigenvalue weighted by atomic mass is 35.5. The topological polar surface area (TPSA) is 41.1 Å². The van der Waals surface area contributed by atoms with E-state index in [0.717, 1.165) is 23.4 Å². The van der Waals surface area contributed by atoms with Crippen LogP contribution in [0.2, 0.25) is 5.02 Å². The van der Waals surface area contributed by atoms with Crippen molar-refractivity contribution < 1.29 is 4.79 Å². The van der Waals surface area contributed by atoms with Gasteiger partial charge in [0.1, 0.15) is 0 Å². The lowest BCUT2D eigenvalue weighted by Crippen LogP contribution is -2.24. The molecule has 110 valence electrons. The van der Waals surface area contributed by atoms with Crippen LogP contribution in [0, 0.1) is 6.92 Å². The van der Waals surface area contributed by atoms with Gasteiger partial charge in [0.25, 0.3) is 5.91 Å². The molecule has 0 saturated carbocycles. The number of carbonyl (C=O) groups is 1. The van der Waals surface area contributed by atoms with E-state index in [0.29, 0.717) is 17.1 Å². The molecule has 4 heteroatoms. The zero-order valence-electron chi connectivity index (χ0n) is 12.2. The third-order valence-corrected chi connectivity index (χ3v) is 3.55. The number of hydrogen-bond donors (Lipinski definition) is 2. The van der Waals surface area contributed by atoms with Gasteiger partial charge in [-0.05, 0) is 43.2 Å². The molecule has 3 nitrogen and oxygen atoms in total. The molecule has 21 heavy (non-hydrogen) atoms. The summed E-state index contributed by atoms with van der Waals surface area (Å²) in [4.78, 5) is 12.3. The van der Waals surface area contributed by atoms with Crippen LogP contribution in [0.1, 0.15) is 28.4 Å². The van der Waals surface area contributed by atoms with Crippen LogP contribution in [0.15, 0.2) is 42.5 Å². The average molecular weight is 303 g/mol. The van der Waals surface area contributed by atoms with Crippen LogP contribution in [0.5, 0.6) is 0 Å². The van der Waals surface area contributed by atoms with Gasteiger partial charge in [0, 0.05) is 23.8 Å². The summed E-state index contributed by atoms with van der Waals surface area (Å²) in [5.74, 6) is -0.106. The van der Waals surface area contributed by atoms with Gasteiger partial charge >= 0.3 is 0 Å². The first-order valence-corrected chi connectivity index (χ1v) is 7.35. The second kappa shape index (κ2) is 7.14. The second-order valence-electron chi connectivity index (χ2n) is 4.85. The van der Waals surface area contributed by atoms with Crippen LogP contribution >= 0.6 is 11.6 Å². The van der Waals surface area contributed by atoms with Crippen LogP contribution in [-0.4, -0.2) is 12.5 Å². The van der Waals surface area contributed by atoms with E-state index in [9.17, 15) is 4.79 Å². The second-order valence-corrected chi connectivity index (χ2v) is 5.26. The maximum absolute atomic E-state index is 12.3. The van der Waals surface area contributed by atoms with E-state index in [4.69, 9.17) is 11.6 Å². The zero-order valence-corrected chi connectivity index (χ0v) is 13.0. The normalized spacial score (nSPS) is 10.2. The number of amides is 1. The molecule has 0 radical (unpaired) electrons. The van der Waals surface area contributed by atoms with Gasteiger partial charge in [0.05, 0.1) is 5.56 Å². The minimum Gasteiger partial charge on any atom is -0.385 e. The SMILES string of the molecule is CCNc1cc(C)ccc1C(=O)NCc1ccccc1Cl. The molecule has 0 bridgehead atoms. The van der Waals surface area contributed by atoms with Crippen molar-refractivity contribution in [2.24, 2.45) is 0 Å². The first-order valence-electron chi connectivity index (χ1n) is 6.98. The highest BCUT2D eigenvalue weighted by molar-refractivity contribution is 6.31. The lowest BCUT2D eigenvalue weighted by Gasteiger charge is -2.12. The molecule has 0 fully saturated rings. The highest BCUT2D eigenvalue weighted by Crippen LogP contribution is 2.18. The Morgan fingerprint density at radius 1 is 1.19 bits per heavy atom. The van der Waals surface area contributed by atoms with Crippen molar-refractivity contribution >= 4 is 23.2 Å². The lowest BCUT2D eigenvalue weighted by atomic mass is 10.1. The van der Waals surface area contributed by atoms with E-state index in [1.807, 2.05) is 56.3 Å². The molecule has 2 rings (SSSR count). The molecule has 0 unspecified atom stereocenters. The van der Waals surface area contributed by atoms with Crippen molar-refractivity contribution in [1.82, 2.24) is 5.32 Å². The zero-order chi connectivity index (χ0) is 15.2. The van der Waals surface area contributed by atoms with E-state index in [2.05, 4.69) is 10.6 Å². The Morgan fingerprint density at radius 3 is 2.67 bits per heavy atom. The van der Waals surface area contributed by atoms with Gasteiger partial charge in [0.2, 0.25) is 0 Å². The Bertz CT molecular complexity index is 640. The molecule has 0 aliphatic rings. The summed E-state index contributed by atoms with van der Waals surface area (Å²) in [5, 5.41) is 6.79. The van der Waals surface area contributed by atoms with Gasteiger partial charge in [-0.3, -0.25) is 4.79 Å². The quantitative estimate of drug-likeness (QED) is 0.876. The van der Waals surface area contributed by atoms with E-state index >= 15 is 0 Å². The van der Waals surface area contributed by atoms with Crippen molar-refractivity contribution in [2.75, 3.05) is 11.9 Å². The average Bonchev–Trinajstić information content (AvgIpc) is 2.46. The first-order chi connectivity index (χ1) is 10.1. The van der Waals surface area contributed by atoms with Gasteiger partial charge in [-0.15, -0.1) is 0 Å².